The number of rotatable bonds is 8. The highest BCUT2D eigenvalue weighted by molar-refractivity contribution is 7.92. The van der Waals surface area contributed by atoms with Crippen molar-refractivity contribution in [2.75, 3.05) is 19.5 Å². The summed E-state index contributed by atoms with van der Waals surface area (Å²) in [5.41, 5.74) is 1.23. The molecule has 0 bridgehead atoms. The maximum Gasteiger partial charge on any atom is 0.322 e. The summed E-state index contributed by atoms with van der Waals surface area (Å²) in [6.07, 6.45) is 0.0205. The fourth-order valence-electron chi connectivity index (χ4n) is 2.74. The van der Waals surface area contributed by atoms with Gasteiger partial charge < -0.3 is 13.9 Å². The number of ether oxygens (including phenoxy) is 2. The van der Waals surface area contributed by atoms with Gasteiger partial charge in [0.2, 0.25) is 11.8 Å². The molecule has 3 aromatic rings. The molecule has 0 aliphatic rings. The number of hydrogen-bond donors (Lipinski definition) is 1. The minimum atomic E-state index is -3.36. The lowest BCUT2D eigenvalue weighted by Crippen LogP contribution is -2.16. The second kappa shape index (κ2) is 9.17. The van der Waals surface area contributed by atoms with Crippen LogP contribution in [0.5, 0.6) is 11.5 Å². The fourth-order valence-corrected chi connectivity index (χ4v) is 3.80. The van der Waals surface area contributed by atoms with Gasteiger partial charge in [0.25, 0.3) is 0 Å². The number of carbonyl (C=O) groups excluding carboxylic acids is 1. The van der Waals surface area contributed by atoms with Gasteiger partial charge in [-0.25, -0.2) is 8.42 Å². The molecule has 1 heterocycles. The number of nitrogens with zero attached hydrogens (tertiary/aromatic N) is 2. The van der Waals surface area contributed by atoms with E-state index in [9.17, 15) is 13.2 Å². The molecule has 0 aliphatic carbocycles. The Morgan fingerprint density at radius 2 is 1.65 bits per heavy atom. The van der Waals surface area contributed by atoms with Crippen LogP contribution in [0.3, 0.4) is 0 Å². The van der Waals surface area contributed by atoms with Crippen LogP contribution in [-0.4, -0.2) is 44.0 Å². The molecule has 0 saturated heterocycles. The van der Waals surface area contributed by atoms with Gasteiger partial charge in [-0.2, -0.15) is 0 Å². The number of sulfone groups is 1. The van der Waals surface area contributed by atoms with Gasteiger partial charge in [-0.15, -0.1) is 5.10 Å². The van der Waals surface area contributed by atoms with E-state index in [4.69, 9.17) is 13.9 Å². The van der Waals surface area contributed by atoms with E-state index < -0.39 is 15.1 Å². The molecule has 0 radical (unpaired) electrons. The van der Waals surface area contributed by atoms with E-state index in [2.05, 4.69) is 15.5 Å². The Morgan fingerprint density at radius 3 is 2.19 bits per heavy atom. The molecule has 10 heteroatoms. The van der Waals surface area contributed by atoms with Crippen LogP contribution < -0.4 is 14.8 Å². The topological polar surface area (TPSA) is 121 Å². The van der Waals surface area contributed by atoms with Crippen LogP contribution in [0.2, 0.25) is 0 Å². The first-order valence-corrected chi connectivity index (χ1v) is 11.0. The van der Waals surface area contributed by atoms with Gasteiger partial charge in [-0.1, -0.05) is 17.2 Å². The van der Waals surface area contributed by atoms with Crippen LogP contribution >= 0.6 is 0 Å². The Kier molecular flexibility index (Phi) is 6.59. The van der Waals surface area contributed by atoms with Gasteiger partial charge in [-0.3, -0.25) is 10.1 Å². The Balaban J connectivity index is 1.68. The zero-order valence-electron chi connectivity index (χ0n) is 17.6. The third-order valence-corrected chi connectivity index (χ3v) is 6.68. The van der Waals surface area contributed by atoms with E-state index in [-0.39, 0.29) is 29.1 Å². The molecule has 0 unspecified atom stereocenters. The lowest BCUT2D eigenvalue weighted by molar-refractivity contribution is -0.115. The summed E-state index contributed by atoms with van der Waals surface area (Å²) in [4.78, 5) is 12.5. The molecule has 164 valence electrons. The average molecular weight is 445 g/mol. The number of amides is 1. The third kappa shape index (κ3) is 5.21. The van der Waals surface area contributed by atoms with Crippen molar-refractivity contribution < 1.29 is 27.1 Å². The van der Waals surface area contributed by atoms with E-state index in [1.54, 1.807) is 44.2 Å². The van der Waals surface area contributed by atoms with Crippen LogP contribution in [-0.2, 0) is 21.1 Å². The van der Waals surface area contributed by atoms with Crippen LogP contribution in [0.25, 0.3) is 11.5 Å². The molecule has 3 rings (SSSR count). The predicted octanol–water partition coefficient (Wildman–Crippen LogP) is 3.12. The SMILES string of the molecule is COc1cc(OC)cc(-c2nnc(NC(=O)Cc3ccc(S(=O)(=O)C(C)C)cc3)o2)c1. The molecule has 2 aromatic carbocycles. The van der Waals surface area contributed by atoms with Crippen molar-refractivity contribution in [1.82, 2.24) is 10.2 Å². The van der Waals surface area contributed by atoms with E-state index in [1.165, 1.54) is 26.4 Å². The van der Waals surface area contributed by atoms with Crippen LogP contribution in [0, 0.1) is 0 Å². The van der Waals surface area contributed by atoms with Crippen molar-refractivity contribution in [2.45, 2.75) is 30.4 Å². The van der Waals surface area contributed by atoms with Crippen molar-refractivity contribution in [1.29, 1.82) is 0 Å². The highest BCUT2D eigenvalue weighted by atomic mass is 32.2. The van der Waals surface area contributed by atoms with E-state index >= 15 is 0 Å². The normalized spacial score (nSPS) is 11.4. The molecule has 9 nitrogen and oxygen atoms in total. The molecule has 1 N–H and O–H groups in total. The Bertz CT molecular complexity index is 1150. The molecule has 0 atom stereocenters. The minimum absolute atomic E-state index is 0.0205. The molecule has 0 saturated carbocycles. The van der Waals surface area contributed by atoms with E-state index in [1.807, 2.05) is 0 Å². The maximum atomic E-state index is 12.3. The van der Waals surface area contributed by atoms with Gasteiger partial charge >= 0.3 is 6.01 Å². The smallest absolute Gasteiger partial charge is 0.322 e. The van der Waals surface area contributed by atoms with Gasteiger partial charge in [0.1, 0.15) is 11.5 Å². The number of carbonyl (C=O) groups is 1. The van der Waals surface area contributed by atoms with Crippen LogP contribution in [0.1, 0.15) is 19.4 Å². The van der Waals surface area contributed by atoms with E-state index in [0.717, 1.165) is 0 Å². The molecular weight excluding hydrogens is 422 g/mol. The number of benzene rings is 2. The molecule has 0 aliphatic heterocycles. The maximum absolute atomic E-state index is 12.3. The Labute approximate surface area is 180 Å². The summed E-state index contributed by atoms with van der Waals surface area (Å²) in [5.74, 6) is 0.927. The standard InChI is InChI=1S/C21H23N3O6S/c1-13(2)31(26,27)18-7-5-14(6-8-18)9-19(25)22-21-24-23-20(30-21)15-10-16(28-3)12-17(11-15)29-4/h5-8,10-13H,9H2,1-4H3,(H,22,24,25). The highest BCUT2D eigenvalue weighted by Gasteiger charge is 2.19. The fraction of sp³-hybridized carbons (Fsp3) is 0.286. The molecule has 1 amide bonds. The predicted molar refractivity (Wildman–Crippen MR) is 114 cm³/mol. The zero-order valence-corrected chi connectivity index (χ0v) is 18.4. The van der Waals surface area contributed by atoms with Gasteiger partial charge in [0, 0.05) is 11.6 Å². The molecule has 0 spiro atoms. The van der Waals surface area contributed by atoms with Crippen molar-refractivity contribution >= 4 is 21.8 Å². The summed E-state index contributed by atoms with van der Waals surface area (Å²) in [6, 6.07) is 11.3. The first kappa shape index (κ1) is 22.3. The van der Waals surface area contributed by atoms with Crippen molar-refractivity contribution in [3.05, 3.63) is 48.0 Å². The summed E-state index contributed by atoms with van der Waals surface area (Å²) >= 11 is 0. The summed E-state index contributed by atoms with van der Waals surface area (Å²) in [6.45, 7) is 3.24. The van der Waals surface area contributed by atoms with Crippen molar-refractivity contribution in [2.24, 2.45) is 0 Å². The minimum Gasteiger partial charge on any atom is -0.497 e. The number of anilines is 1. The molecule has 31 heavy (non-hydrogen) atoms. The van der Waals surface area contributed by atoms with Crippen molar-refractivity contribution in [3.63, 3.8) is 0 Å². The molecule has 1 aromatic heterocycles. The quantitative estimate of drug-likeness (QED) is 0.561. The molecular formula is C21H23N3O6S. The van der Waals surface area contributed by atoms with Crippen LogP contribution in [0.4, 0.5) is 6.01 Å². The molecule has 0 fully saturated rings. The summed E-state index contributed by atoms with van der Waals surface area (Å²) in [5, 5.41) is 9.81. The van der Waals surface area contributed by atoms with Gasteiger partial charge in [0.05, 0.1) is 30.8 Å². The average Bonchev–Trinajstić information content (AvgIpc) is 3.21. The number of nitrogens with one attached hydrogen (secondary N) is 1. The number of hydrogen-bond acceptors (Lipinski definition) is 8. The lowest BCUT2D eigenvalue weighted by atomic mass is 10.1. The monoisotopic (exact) mass is 445 g/mol. The third-order valence-electron chi connectivity index (χ3n) is 4.51. The first-order chi connectivity index (χ1) is 14.7. The summed E-state index contributed by atoms with van der Waals surface area (Å²) < 4.78 is 40.3. The Hall–Kier alpha value is -3.40. The van der Waals surface area contributed by atoms with E-state index in [0.29, 0.717) is 22.6 Å². The van der Waals surface area contributed by atoms with Gasteiger partial charge in [0.15, 0.2) is 9.84 Å². The largest absolute Gasteiger partial charge is 0.497 e. The first-order valence-electron chi connectivity index (χ1n) is 9.42. The second-order valence-corrected chi connectivity index (χ2v) is 9.48. The number of methoxy groups -OCH3 is 2. The highest BCUT2D eigenvalue weighted by Crippen LogP contribution is 2.29. The Morgan fingerprint density at radius 1 is 1.03 bits per heavy atom. The second-order valence-electron chi connectivity index (χ2n) is 6.98. The van der Waals surface area contributed by atoms with Gasteiger partial charge in [-0.05, 0) is 43.7 Å². The van der Waals surface area contributed by atoms with Crippen LogP contribution in [0.15, 0.2) is 51.8 Å². The van der Waals surface area contributed by atoms with Crippen molar-refractivity contribution in [3.8, 4) is 23.0 Å². The number of aromatic nitrogens is 2. The zero-order chi connectivity index (χ0) is 22.6. The summed E-state index contributed by atoms with van der Waals surface area (Å²) in [7, 11) is -0.295. The lowest BCUT2D eigenvalue weighted by Gasteiger charge is -2.08.